The lowest BCUT2D eigenvalue weighted by Gasteiger charge is -2.25. The predicted molar refractivity (Wildman–Crippen MR) is 249 cm³/mol. The van der Waals surface area contributed by atoms with E-state index < -0.39 is 20.0 Å². The van der Waals surface area contributed by atoms with Gasteiger partial charge in [-0.2, -0.15) is 0 Å². The number of phosphoric ester groups is 1. The number of rotatable bonds is 38. The monoisotopic (exact) mass is 828 g/mol. The maximum Gasteiger partial charge on any atom is 0.472 e. The lowest BCUT2D eigenvalue weighted by molar-refractivity contribution is -0.870. The first-order valence-electron chi connectivity index (χ1n) is 22.3. The average molecular weight is 828 g/mol. The highest BCUT2D eigenvalue weighted by Gasteiger charge is 2.27. The highest BCUT2D eigenvalue weighted by atomic mass is 31.2. The quantitative estimate of drug-likeness (QED) is 0.0248. The normalized spacial score (nSPS) is 15.4. The standard InChI is InChI=1S/C49H83N2O6P/c1-6-8-10-12-14-16-18-19-20-21-22-23-24-25-26-27-28-29-30-31-33-35-37-39-41-43-49(53)50-47(46-57-58(54,55)56-45-44-51(3,4)5)48(52)42-40-38-36-34-32-17-15-13-11-9-7-2/h8,10-11,13-14,16,19-20,22-23,25-26,28-29,32,34,40,42,47-48,52H,6-7,9,12,15,17-18,21,24,27,30-31,33,35-39,41,43-46H2,1-5H3,(H-,50,53,54,55)/p+1/b10-8-,13-11+,16-14-,20-19-,23-22-,26-25-,29-28-,34-32+,42-40+. The van der Waals surface area contributed by atoms with Gasteiger partial charge in [-0.25, -0.2) is 4.57 Å². The summed E-state index contributed by atoms with van der Waals surface area (Å²) in [5.41, 5.74) is 0. The zero-order valence-electron chi connectivity index (χ0n) is 37.2. The summed E-state index contributed by atoms with van der Waals surface area (Å²) in [7, 11) is 1.51. The van der Waals surface area contributed by atoms with Gasteiger partial charge in [-0.15, -0.1) is 0 Å². The van der Waals surface area contributed by atoms with Crippen LogP contribution in [0.5, 0.6) is 0 Å². The minimum absolute atomic E-state index is 0.0435. The fourth-order valence-corrected chi connectivity index (χ4v) is 6.17. The Morgan fingerprint density at radius 3 is 1.57 bits per heavy atom. The summed E-state index contributed by atoms with van der Waals surface area (Å²) < 4.78 is 23.5. The Morgan fingerprint density at radius 2 is 1.05 bits per heavy atom. The molecule has 0 rings (SSSR count). The predicted octanol–water partition coefficient (Wildman–Crippen LogP) is 12.5. The van der Waals surface area contributed by atoms with Crippen molar-refractivity contribution in [3.05, 3.63) is 109 Å². The van der Waals surface area contributed by atoms with E-state index >= 15 is 0 Å². The van der Waals surface area contributed by atoms with E-state index in [-0.39, 0.29) is 19.1 Å². The molecule has 0 fully saturated rings. The SMILES string of the molecule is CC/C=C\C/C=C\C/C=C\C/C=C\C/C=C\C/C=C\CCCCCCCCC(=O)NC(COP(=O)(O)OCC[N+](C)(C)C)C(O)/C=C/CC/C=C/CC/C=C/CCC. The molecular weight excluding hydrogens is 744 g/mol. The molecule has 0 aromatic heterocycles. The van der Waals surface area contributed by atoms with Crippen LogP contribution >= 0.6 is 7.82 Å². The Kier molecular flexibility index (Phi) is 37.7. The summed E-state index contributed by atoms with van der Waals surface area (Å²) in [6.45, 7) is 4.54. The van der Waals surface area contributed by atoms with Gasteiger partial charge in [0.2, 0.25) is 5.91 Å². The van der Waals surface area contributed by atoms with Crippen LogP contribution in [0.25, 0.3) is 0 Å². The molecular formula is C49H84N2O6P+. The van der Waals surface area contributed by atoms with Crippen molar-refractivity contribution < 1.29 is 32.9 Å². The summed E-state index contributed by atoms with van der Waals surface area (Å²) in [6.07, 6.45) is 57.4. The fraction of sp³-hybridized carbons (Fsp3) is 0.612. The lowest BCUT2D eigenvalue weighted by atomic mass is 10.1. The third-order valence-electron chi connectivity index (χ3n) is 8.94. The number of allylic oxidation sites excluding steroid dienone is 17. The molecule has 0 saturated heterocycles. The third-order valence-corrected chi connectivity index (χ3v) is 9.92. The smallest absolute Gasteiger partial charge is 0.387 e. The molecule has 3 N–H and O–H groups in total. The second kappa shape index (κ2) is 39.6. The molecule has 8 nitrogen and oxygen atoms in total. The van der Waals surface area contributed by atoms with E-state index in [0.29, 0.717) is 17.4 Å². The van der Waals surface area contributed by atoms with Crippen molar-refractivity contribution in [3.63, 3.8) is 0 Å². The number of aliphatic hydroxyl groups excluding tert-OH is 1. The van der Waals surface area contributed by atoms with Crippen molar-refractivity contribution >= 4 is 13.7 Å². The topological polar surface area (TPSA) is 105 Å². The molecule has 3 unspecified atom stereocenters. The van der Waals surface area contributed by atoms with Gasteiger partial charge in [0, 0.05) is 6.42 Å². The van der Waals surface area contributed by atoms with Crippen molar-refractivity contribution in [2.45, 2.75) is 154 Å². The molecule has 0 saturated carbocycles. The van der Waals surface area contributed by atoms with E-state index in [9.17, 15) is 19.4 Å². The molecule has 3 atom stereocenters. The van der Waals surface area contributed by atoms with E-state index in [4.69, 9.17) is 9.05 Å². The zero-order valence-corrected chi connectivity index (χ0v) is 38.1. The van der Waals surface area contributed by atoms with Crippen LogP contribution in [0.3, 0.4) is 0 Å². The molecule has 0 aromatic rings. The van der Waals surface area contributed by atoms with E-state index in [1.165, 1.54) is 12.8 Å². The molecule has 0 heterocycles. The van der Waals surface area contributed by atoms with E-state index in [2.05, 4.69) is 116 Å². The number of unbranched alkanes of at least 4 members (excludes halogenated alkanes) is 9. The summed E-state index contributed by atoms with van der Waals surface area (Å²) in [5.74, 6) is -0.214. The Morgan fingerprint density at radius 1 is 0.603 bits per heavy atom. The van der Waals surface area contributed by atoms with Crippen molar-refractivity contribution in [1.29, 1.82) is 0 Å². The van der Waals surface area contributed by atoms with Crippen molar-refractivity contribution in [2.24, 2.45) is 0 Å². The van der Waals surface area contributed by atoms with Crippen LogP contribution in [0, 0.1) is 0 Å². The van der Waals surface area contributed by atoms with Gasteiger partial charge in [0.05, 0.1) is 39.9 Å². The van der Waals surface area contributed by atoms with Crippen LogP contribution in [0.2, 0.25) is 0 Å². The van der Waals surface area contributed by atoms with Gasteiger partial charge in [0.1, 0.15) is 13.2 Å². The molecule has 0 bridgehead atoms. The first-order chi connectivity index (χ1) is 28.0. The molecule has 0 spiro atoms. The zero-order chi connectivity index (χ0) is 42.8. The molecule has 0 aliphatic rings. The van der Waals surface area contributed by atoms with Gasteiger partial charge in [-0.1, -0.05) is 155 Å². The van der Waals surface area contributed by atoms with Crippen molar-refractivity contribution in [1.82, 2.24) is 5.32 Å². The number of nitrogens with one attached hydrogen (secondary N) is 1. The number of carbonyl (C=O) groups is 1. The number of amides is 1. The van der Waals surface area contributed by atoms with Crippen molar-refractivity contribution in [3.8, 4) is 0 Å². The van der Waals surface area contributed by atoms with Gasteiger partial charge < -0.3 is 19.8 Å². The number of phosphoric acid groups is 1. The van der Waals surface area contributed by atoms with Gasteiger partial charge in [0.15, 0.2) is 0 Å². The summed E-state index contributed by atoms with van der Waals surface area (Å²) in [4.78, 5) is 23.1. The Labute approximate surface area is 355 Å². The molecule has 58 heavy (non-hydrogen) atoms. The molecule has 9 heteroatoms. The highest BCUT2D eigenvalue weighted by molar-refractivity contribution is 7.47. The largest absolute Gasteiger partial charge is 0.472 e. The average Bonchev–Trinajstić information content (AvgIpc) is 3.17. The molecule has 0 aliphatic heterocycles. The number of aliphatic hydroxyl groups is 1. The molecule has 0 radical (unpaired) electrons. The highest BCUT2D eigenvalue weighted by Crippen LogP contribution is 2.43. The number of likely N-dealkylation sites (N-methyl/N-ethyl adjacent to an activating group) is 1. The number of quaternary nitrogens is 1. The lowest BCUT2D eigenvalue weighted by Crippen LogP contribution is -2.45. The second-order valence-corrected chi connectivity index (χ2v) is 17.1. The number of nitrogens with zero attached hydrogens (tertiary/aromatic N) is 1. The fourth-order valence-electron chi connectivity index (χ4n) is 5.43. The number of carbonyl (C=O) groups excluding carboxylic acids is 1. The van der Waals surface area contributed by atoms with Crippen LogP contribution in [0.15, 0.2) is 109 Å². The van der Waals surface area contributed by atoms with Crippen molar-refractivity contribution in [2.75, 3.05) is 40.9 Å². The van der Waals surface area contributed by atoms with E-state index in [0.717, 1.165) is 109 Å². The first-order valence-corrected chi connectivity index (χ1v) is 23.8. The Balaban J connectivity index is 4.40. The van der Waals surface area contributed by atoms with Gasteiger partial charge in [-0.05, 0) is 89.9 Å². The number of hydrogen-bond donors (Lipinski definition) is 3. The summed E-state index contributed by atoms with van der Waals surface area (Å²) in [5, 5.41) is 13.7. The van der Waals surface area contributed by atoms with E-state index in [1.54, 1.807) is 6.08 Å². The molecule has 1 amide bonds. The molecule has 0 aromatic carbocycles. The van der Waals surface area contributed by atoms with Gasteiger partial charge in [0.25, 0.3) is 0 Å². The maximum atomic E-state index is 12.9. The first kappa shape index (κ1) is 55.2. The molecule has 330 valence electrons. The van der Waals surface area contributed by atoms with E-state index in [1.807, 2.05) is 27.2 Å². The summed E-state index contributed by atoms with van der Waals surface area (Å²) >= 11 is 0. The summed E-state index contributed by atoms with van der Waals surface area (Å²) in [6, 6.07) is -0.884. The Hall–Kier alpha value is -2.84. The Bertz CT molecular complexity index is 1300. The van der Waals surface area contributed by atoms with Crippen LogP contribution in [0.1, 0.15) is 142 Å². The minimum atomic E-state index is -4.36. The van der Waals surface area contributed by atoms with Crippen LogP contribution in [-0.4, -0.2) is 73.4 Å². The van der Waals surface area contributed by atoms with Gasteiger partial charge >= 0.3 is 7.82 Å². The van der Waals surface area contributed by atoms with Crippen LogP contribution < -0.4 is 5.32 Å². The molecule has 0 aliphatic carbocycles. The van der Waals surface area contributed by atoms with Crippen LogP contribution in [0.4, 0.5) is 0 Å². The maximum absolute atomic E-state index is 12.9. The number of hydrogen-bond acceptors (Lipinski definition) is 5. The van der Waals surface area contributed by atoms with Crippen LogP contribution in [-0.2, 0) is 18.4 Å². The third kappa shape index (κ3) is 41.3. The van der Waals surface area contributed by atoms with Gasteiger partial charge in [-0.3, -0.25) is 13.8 Å². The minimum Gasteiger partial charge on any atom is -0.387 e. The second-order valence-electron chi connectivity index (χ2n) is 15.7.